The Hall–Kier alpha value is -3.69. The van der Waals surface area contributed by atoms with Gasteiger partial charge in [0.1, 0.15) is 0 Å². The molecule has 4 aromatic rings. The van der Waals surface area contributed by atoms with Crippen LogP contribution < -0.4 is 10.6 Å². The maximum atomic E-state index is 4.63. The Morgan fingerprint density at radius 2 is 0.833 bits per heavy atom. The molecule has 0 unspecified atom stereocenters. The summed E-state index contributed by atoms with van der Waals surface area (Å²) in [5.74, 6) is 0. The van der Waals surface area contributed by atoms with E-state index in [1.165, 1.54) is 0 Å². The van der Waals surface area contributed by atoms with Gasteiger partial charge in [0.2, 0.25) is 0 Å². The van der Waals surface area contributed by atoms with Gasteiger partial charge in [0.05, 0.1) is 22.8 Å². The van der Waals surface area contributed by atoms with E-state index in [1.54, 1.807) is 0 Å². The molecule has 0 saturated carbocycles. The molecule has 3 aliphatic heterocycles. The van der Waals surface area contributed by atoms with Crippen molar-refractivity contribution < 1.29 is 16.8 Å². The number of fused-ring (bicyclic) bond motifs is 8. The first-order chi connectivity index (χ1) is 17.3. The van der Waals surface area contributed by atoms with E-state index < -0.39 is 0 Å². The topological polar surface area (TPSA) is 97.2 Å². The molecule has 7 heterocycles. The number of piperazine rings is 1. The third kappa shape index (κ3) is 7.40. The third-order valence-corrected chi connectivity index (χ3v) is 5.50. The molecule has 8 heteroatoms. The molecule has 8 bridgehead atoms. The second-order valence-electron chi connectivity index (χ2n) is 8.29. The van der Waals surface area contributed by atoms with Crippen LogP contribution in [0.2, 0.25) is 0 Å². The predicted octanol–water partition coefficient (Wildman–Crippen LogP) is 4.85. The molecule has 7 nitrogen and oxygen atoms in total. The van der Waals surface area contributed by atoms with Gasteiger partial charge in [0.15, 0.2) is 0 Å². The Labute approximate surface area is 220 Å². The first kappa shape index (κ1) is 25.4. The summed E-state index contributed by atoms with van der Waals surface area (Å²) in [6.07, 6.45) is 11.8. The normalized spacial score (nSPS) is 13.6. The van der Waals surface area contributed by atoms with Crippen molar-refractivity contribution >= 4 is 46.4 Å². The van der Waals surface area contributed by atoms with Crippen LogP contribution in [0.3, 0.4) is 0 Å². The second kappa shape index (κ2) is 12.8. The van der Waals surface area contributed by atoms with E-state index in [4.69, 9.17) is 0 Å². The molecule has 5 N–H and O–H groups in total. The Bertz CT molecular complexity index is 1250. The smallest absolute Gasteiger partial charge is 0.0658 e. The van der Waals surface area contributed by atoms with Crippen LogP contribution in [0.15, 0.2) is 73.1 Å². The van der Waals surface area contributed by atoms with Gasteiger partial charge in [0.25, 0.3) is 0 Å². The van der Waals surface area contributed by atoms with Crippen LogP contribution in [0.4, 0.5) is 0 Å². The first-order valence-electron chi connectivity index (χ1n) is 11.8. The Balaban J connectivity index is 0.000000210. The Morgan fingerprint density at radius 1 is 0.500 bits per heavy atom. The average Bonchev–Trinajstić information content (AvgIpc) is 3.71. The van der Waals surface area contributed by atoms with Crippen molar-refractivity contribution in [2.24, 2.45) is 0 Å². The summed E-state index contributed by atoms with van der Waals surface area (Å²) in [5.41, 5.74) is 7.86. The van der Waals surface area contributed by atoms with Gasteiger partial charge in [-0.2, -0.15) is 0 Å². The van der Waals surface area contributed by atoms with Crippen LogP contribution in [-0.2, 0) is 16.8 Å². The summed E-state index contributed by atoms with van der Waals surface area (Å²) >= 11 is 0. The summed E-state index contributed by atoms with van der Waals surface area (Å²) in [6, 6.07) is 20.3. The van der Waals surface area contributed by atoms with Gasteiger partial charge in [0, 0.05) is 77.4 Å². The standard InChI is InChI=1S/C20H14N4.C4H10N2.C4H5N.Co/c1-2-14-10-16-5-6-18(23-16)12-20-8-7-19(24-20)11-17-4-3-15(22-17)9-13(1)21-14;1-2-6-4-3-5-1;1-2-4-5-3-1;/h1-12,21,24H;5-6H,1-4H2;1-5H;. The second-order valence-corrected chi connectivity index (χ2v) is 8.29. The summed E-state index contributed by atoms with van der Waals surface area (Å²) in [5, 5.41) is 6.44. The Morgan fingerprint density at radius 3 is 1.08 bits per heavy atom. The van der Waals surface area contributed by atoms with Crippen molar-refractivity contribution in [2.45, 2.75) is 0 Å². The van der Waals surface area contributed by atoms with Crippen molar-refractivity contribution in [3.8, 4) is 0 Å². The number of hydrogen-bond acceptors (Lipinski definition) is 4. The average molecular weight is 523 g/mol. The molecule has 1 saturated heterocycles. The minimum absolute atomic E-state index is 0. The summed E-state index contributed by atoms with van der Waals surface area (Å²) in [4.78, 5) is 18.9. The maximum absolute atomic E-state index is 4.63. The van der Waals surface area contributed by atoms with Crippen molar-refractivity contribution in [2.75, 3.05) is 26.2 Å². The zero-order valence-electron chi connectivity index (χ0n) is 19.8. The molecule has 0 atom stereocenters. The third-order valence-electron chi connectivity index (χ3n) is 5.50. The van der Waals surface area contributed by atoms with Gasteiger partial charge in [-0.3, -0.25) is 0 Å². The van der Waals surface area contributed by atoms with E-state index in [1.807, 2.05) is 73.1 Å². The van der Waals surface area contributed by atoms with Crippen molar-refractivity contribution in [3.05, 3.63) is 95.8 Å². The SMILES string of the molecule is C1=Cc2cc3ccc(cc4nc(cc5ccc(cc1n2)[nH]5)C=C4)[nH]3.C1CNCCN1.[Co].c1cc[nH]c1. The number of aromatic amines is 3. The van der Waals surface area contributed by atoms with E-state index in [0.29, 0.717) is 0 Å². The minimum Gasteiger partial charge on any atom is -0.368 e. The van der Waals surface area contributed by atoms with Crippen molar-refractivity contribution in [1.82, 2.24) is 35.6 Å². The molecule has 7 rings (SSSR count). The van der Waals surface area contributed by atoms with Gasteiger partial charge in [-0.1, -0.05) is 0 Å². The van der Waals surface area contributed by atoms with Gasteiger partial charge in [-0.25, -0.2) is 9.97 Å². The number of nitrogens with zero attached hydrogens (tertiary/aromatic N) is 2. The van der Waals surface area contributed by atoms with Gasteiger partial charge >= 0.3 is 0 Å². The summed E-state index contributed by atoms with van der Waals surface area (Å²) < 4.78 is 0. The van der Waals surface area contributed by atoms with E-state index in [-0.39, 0.29) is 16.8 Å². The number of aromatic nitrogens is 5. The molecule has 0 aliphatic carbocycles. The minimum atomic E-state index is 0. The molecule has 0 aromatic carbocycles. The van der Waals surface area contributed by atoms with Crippen LogP contribution in [0, 0.1) is 0 Å². The van der Waals surface area contributed by atoms with Crippen molar-refractivity contribution in [1.29, 1.82) is 0 Å². The quantitative estimate of drug-likeness (QED) is 0.197. The van der Waals surface area contributed by atoms with E-state index in [2.05, 4.69) is 59.8 Å². The van der Waals surface area contributed by atoms with E-state index >= 15 is 0 Å². The van der Waals surface area contributed by atoms with Gasteiger partial charge in [-0.05, 0) is 85.0 Å². The monoisotopic (exact) mass is 522 g/mol. The van der Waals surface area contributed by atoms with Gasteiger partial charge in [-0.15, -0.1) is 0 Å². The molecule has 185 valence electrons. The van der Waals surface area contributed by atoms with E-state index in [9.17, 15) is 0 Å². The first-order valence-corrected chi connectivity index (χ1v) is 11.8. The van der Waals surface area contributed by atoms with Crippen LogP contribution in [0.25, 0.3) is 46.4 Å². The summed E-state index contributed by atoms with van der Waals surface area (Å²) in [7, 11) is 0. The molecule has 1 radical (unpaired) electrons. The number of H-pyrrole nitrogens is 3. The van der Waals surface area contributed by atoms with E-state index in [0.717, 1.165) is 71.0 Å². The zero-order valence-corrected chi connectivity index (χ0v) is 20.8. The fraction of sp³-hybridized carbons (Fsp3) is 0.143. The largest absolute Gasteiger partial charge is 0.368 e. The summed E-state index contributed by atoms with van der Waals surface area (Å²) in [6.45, 7) is 4.56. The number of rotatable bonds is 0. The number of hydrogen-bond donors (Lipinski definition) is 5. The fourth-order valence-electron chi connectivity index (χ4n) is 3.82. The van der Waals surface area contributed by atoms with Crippen LogP contribution in [-0.4, -0.2) is 51.1 Å². The van der Waals surface area contributed by atoms with Gasteiger partial charge < -0.3 is 25.6 Å². The predicted molar refractivity (Wildman–Crippen MR) is 145 cm³/mol. The molecule has 36 heavy (non-hydrogen) atoms. The van der Waals surface area contributed by atoms with Crippen LogP contribution in [0.1, 0.15) is 22.8 Å². The zero-order chi connectivity index (χ0) is 23.7. The molecule has 0 spiro atoms. The fourth-order valence-corrected chi connectivity index (χ4v) is 3.82. The molecular formula is C28H29CoN7. The number of nitrogens with one attached hydrogen (secondary N) is 5. The van der Waals surface area contributed by atoms with Crippen molar-refractivity contribution in [3.63, 3.8) is 0 Å². The molecule has 0 amide bonds. The van der Waals surface area contributed by atoms with Crippen LogP contribution in [0.5, 0.6) is 0 Å². The van der Waals surface area contributed by atoms with Crippen LogP contribution >= 0.6 is 0 Å². The molecule has 4 aromatic heterocycles. The Kier molecular flexibility index (Phi) is 9.07. The molecular weight excluding hydrogens is 493 g/mol. The molecule has 1 fully saturated rings. The maximum Gasteiger partial charge on any atom is 0.0658 e. The molecule has 3 aliphatic rings.